The molecule has 4 unspecified atom stereocenters. The number of hydrogen-bond acceptors (Lipinski definition) is 15. The average molecular weight is 1490 g/mol. The third-order valence-corrected chi connectivity index (χ3v) is 22.0. The molecule has 0 aliphatic heterocycles. The Kier molecular flexibility index (Phi) is 71.8. The maximum Gasteiger partial charge on any atom is 0.472 e. The minimum Gasteiger partial charge on any atom is -0.462 e. The van der Waals surface area contributed by atoms with Crippen LogP contribution in [0.5, 0.6) is 0 Å². The molecule has 0 fully saturated rings. The van der Waals surface area contributed by atoms with Gasteiger partial charge in [0.1, 0.15) is 19.3 Å². The molecule has 0 aromatic carbocycles. The number of ether oxygens (including phenoxy) is 4. The van der Waals surface area contributed by atoms with Gasteiger partial charge in [0.25, 0.3) is 0 Å². The summed E-state index contributed by atoms with van der Waals surface area (Å²) in [6.45, 7) is 12.0. The molecule has 0 aliphatic rings. The summed E-state index contributed by atoms with van der Waals surface area (Å²) in [4.78, 5) is 73.0. The lowest BCUT2D eigenvalue weighted by atomic mass is 9.99. The van der Waals surface area contributed by atoms with Crippen molar-refractivity contribution >= 4 is 39.5 Å². The van der Waals surface area contributed by atoms with Crippen LogP contribution in [0.2, 0.25) is 0 Å². The zero-order valence-electron chi connectivity index (χ0n) is 67.1. The Hall–Kier alpha value is -1.94. The molecular formula is C83H162O17P2. The molecule has 606 valence electrons. The number of phosphoric ester groups is 2. The molecule has 17 nitrogen and oxygen atoms in total. The number of aliphatic hydroxyl groups is 1. The van der Waals surface area contributed by atoms with Crippen LogP contribution in [0.25, 0.3) is 0 Å². The van der Waals surface area contributed by atoms with Gasteiger partial charge in [-0.3, -0.25) is 37.3 Å². The Labute approximate surface area is 626 Å². The molecule has 0 radical (unpaired) electrons. The van der Waals surface area contributed by atoms with Gasteiger partial charge in [-0.25, -0.2) is 9.13 Å². The molecule has 3 N–H and O–H groups in total. The summed E-state index contributed by atoms with van der Waals surface area (Å²) in [6, 6.07) is 0. The van der Waals surface area contributed by atoms with Crippen molar-refractivity contribution in [3.63, 3.8) is 0 Å². The van der Waals surface area contributed by atoms with E-state index in [0.29, 0.717) is 31.6 Å². The first-order valence-electron chi connectivity index (χ1n) is 42.9. The monoisotopic (exact) mass is 1490 g/mol. The highest BCUT2D eigenvalue weighted by molar-refractivity contribution is 7.47. The van der Waals surface area contributed by atoms with Crippen LogP contribution in [0.4, 0.5) is 0 Å². The Morgan fingerprint density at radius 3 is 0.745 bits per heavy atom. The van der Waals surface area contributed by atoms with Gasteiger partial charge in [-0.15, -0.1) is 0 Å². The van der Waals surface area contributed by atoms with E-state index in [4.69, 9.17) is 37.0 Å². The third kappa shape index (κ3) is 73.6. The van der Waals surface area contributed by atoms with Gasteiger partial charge in [-0.2, -0.15) is 0 Å². The molecule has 0 aliphatic carbocycles. The maximum absolute atomic E-state index is 13.1. The Morgan fingerprint density at radius 2 is 0.500 bits per heavy atom. The largest absolute Gasteiger partial charge is 0.472 e. The van der Waals surface area contributed by atoms with E-state index in [0.717, 1.165) is 108 Å². The SMILES string of the molecule is CCCCCCCCCCCCCCC(=O)O[C@H](COC(=O)CCCCCCCCCC(C)C)COP(=O)(O)OC[C@H](O)COP(=O)(O)OC[C@@H](COC(=O)CCCCCCCCCCCCCCCCC(C)CC)OC(=O)CCCCCCCCCCCCCCCCCCCCC(C)CC. The van der Waals surface area contributed by atoms with Crippen LogP contribution < -0.4 is 0 Å². The van der Waals surface area contributed by atoms with Crippen molar-refractivity contribution in [3.05, 3.63) is 0 Å². The lowest BCUT2D eigenvalue weighted by Crippen LogP contribution is -2.30. The smallest absolute Gasteiger partial charge is 0.462 e. The number of carbonyl (C=O) groups excluding carboxylic acids is 4. The van der Waals surface area contributed by atoms with Crippen LogP contribution in [0.1, 0.15) is 434 Å². The number of hydrogen-bond donors (Lipinski definition) is 3. The van der Waals surface area contributed by atoms with E-state index in [1.807, 2.05) is 0 Å². The van der Waals surface area contributed by atoms with Crippen molar-refractivity contribution < 1.29 is 80.2 Å². The highest BCUT2D eigenvalue weighted by atomic mass is 31.2. The van der Waals surface area contributed by atoms with Crippen LogP contribution in [-0.2, 0) is 65.4 Å². The highest BCUT2D eigenvalue weighted by Crippen LogP contribution is 2.45. The molecule has 0 rings (SSSR count). The minimum atomic E-state index is -4.96. The van der Waals surface area contributed by atoms with Crippen molar-refractivity contribution in [2.45, 2.75) is 452 Å². The Morgan fingerprint density at radius 1 is 0.284 bits per heavy atom. The van der Waals surface area contributed by atoms with E-state index in [-0.39, 0.29) is 25.7 Å². The van der Waals surface area contributed by atoms with Gasteiger partial charge >= 0.3 is 39.5 Å². The highest BCUT2D eigenvalue weighted by Gasteiger charge is 2.30. The van der Waals surface area contributed by atoms with Crippen molar-refractivity contribution in [1.29, 1.82) is 0 Å². The molecular weight excluding hydrogens is 1330 g/mol. The van der Waals surface area contributed by atoms with Gasteiger partial charge in [0, 0.05) is 25.7 Å². The van der Waals surface area contributed by atoms with Gasteiger partial charge in [0.2, 0.25) is 0 Å². The quantitative estimate of drug-likeness (QED) is 0.0222. The van der Waals surface area contributed by atoms with Gasteiger partial charge in [-0.1, -0.05) is 382 Å². The predicted octanol–water partition coefficient (Wildman–Crippen LogP) is 24.9. The fourth-order valence-electron chi connectivity index (χ4n) is 12.8. The van der Waals surface area contributed by atoms with Gasteiger partial charge in [-0.05, 0) is 43.4 Å². The predicted molar refractivity (Wildman–Crippen MR) is 418 cm³/mol. The molecule has 0 saturated heterocycles. The van der Waals surface area contributed by atoms with Crippen LogP contribution in [0, 0.1) is 17.8 Å². The Balaban J connectivity index is 5.21. The number of rotatable bonds is 81. The molecule has 102 heavy (non-hydrogen) atoms. The number of esters is 4. The lowest BCUT2D eigenvalue weighted by molar-refractivity contribution is -0.161. The van der Waals surface area contributed by atoms with Gasteiger partial charge in [0.05, 0.1) is 26.4 Å². The van der Waals surface area contributed by atoms with Crippen LogP contribution in [0.15, 0.2) is 0 Å². The first-order chi connectivity index (χ1) is 49.3. The van der Waals surface area contributed by atoms with Crippen molar-refractivity contribution in [1.82, 2.24) is 0 Å². The summed E-state index contributed by atoms with van der Waals surface area (Å²) >= 11 is 0. The fourth-order valence-corrected chi connectivity index (χ4v) is 14.4. The van der Waals surface area contributed by atoms with E-state index in [1.54, 1.807) is 0 Å². The molecule has 0 heterocycles. The van der Waals surface area contributed by atoms with Crippen LogP contribution in [-0.4, -0.2) is 96.7 Å². The molecule has 0 bridgehead atoms. The second-order valence-corrected chi connectivity index (χ2v) is 33.7. The number of aliphatic hydroxyl groups excluding tert-OH is 1. The second kappa shape index (κ2) is 73.2. The minimum absolute atomic E-state index is 0.107. The standard InChI is InChI=1S/C83H162O17P2/c1-8-11-12-13-14-15-16-31-37-44-52-59-66-82(87)100-79(71-94-81(86)65-58-51-46-39-40-47-54-61-74(4)5)73-98-102(91,92)96-69-77(84)68-95-101(89,90)97-72-78(70-93-80(85)64-57-50-43-36-32-27-24-23-26-30-35-42-49-56-63-76(7)10-3)99-83(88)67-60-53-45-38-33-28-22-20-18-17-19-21-25-29-34-41-48-55-62-75(6)9-2/h74-79,84H,8-73H2,1-7H3,(H,89,90)(H,91,92)/t75?,76?,77-,78-,79-/m1/s1. The van der Waals surface area contributed by atoms with Crippen molar-refractivity contribution in [3.8, 4) is 0 Å². The fraction of sp³-hybridized carbons (Fsp3) is 0.952. The van der Waals surface area contributed by atoms with E-state index < -0.39 is 97.5 Å². The molecule has 19 heteroatoms. The lowest BCUT2D eigenvalue weighted by Gasteiger charge is -2.21. The molecule has 0 aromatic rings. The van der Waals surface area contributed by atoms with Crippen molar-refractivity contribution in [2.24, 2.45) is 17.8 Å². The first kappa shape index (κ1) is 100. The topological polar surface area (TPSA) is 237 Å². The molecule has 0 aromatic heterocycles. The van der Waals surface area contributed by atoms with Crippen LogP contribution >= 0.6 is 15.6 Å². The first-order valence-corrected chi connectivity index (χ1v) is 45.9. The summed E-state index contributed by atoms with van der Waals surface area (Å²) in [5.74, 6) is 0.317. The zero-order chi connectivity index (χ0) is 75.1. The molecule has 0 amide bonds. The van der Waals surface area contributed by atoms with Crippen molar-refractivity contribution in [2.75, 3.05) is 39.6 Å². The second-order valence-electron chi connectivity index (χ2n) is 30.8. The van der Waals surface area contributed by atoms with Gasteiger partial charge in [0.15, 0.2) is 12.2 Å². The summed E-state index contributed by atoms with van der Waals surface area (Å²) in [5.41, 5.74) is 0. The zero-order valence-corrected chi connectivity index (χ0v) is 68.9. The molecule has 7 atom stereocenters. The summed E-state index contributed by atoms with van der Waals surface area (Å²) in [5, 5.41) is 10.6. The maximum atomic E-state index is 13.1. The van der Waals surface area contributed by atoms with Crippen LogP contribution in [0.3, 0.4) is 0 Å². The third-order valence-electron chi connectivity index (χ3n) is 20.1. The van der Waals surface area contributed by atoms with E-state index in [2.05, 4.69) is 48.5 Å². The average Bonchev–Trinajstić information content (AvgIpc) is 0.910. The Bertz CT molecular complexity index is 1980. The molecule has 0 saturated carbocycles. The number of unbranched alkanes of at least 4 members (excludes halogenated alkanes) is 47. The van der Waals surface area contributed by atoms with E-state index in [9.17, 15) is 43.2 Å². The number of carbonyl (C=O) groups is 4. The summed E-state index contributed by atoms with van der Waals surface area (Å²) < 4.78 is 68.7. The van der Waals surface area contributed by atoms with E-state index >= 15 is 0 Å². The number of phosphoric acid groups is 2. The summed E-state index contributed by atoms with van der Waals surface area (Å²) in [6.07, 6.45) is 62.5. The van der Waals surface area contributed by atoms with Gasteiger partial charge < -0.3 is 33.8 Å². The summed E-state index contributed by atoms with van der Waals surface area (Å²) in [7, 11) is -9.92. The normalized spacial score (nSPS) is 14.5. The molecule has 0 spiro atoms. The van der Waals surface area contributed by atoms with E-state index in [1.165, 1.54) is 238 Å².